The molecule has 0 atom stereocenters. The summed E-state index contributed by atoms with van der Waals surface area (Å²) in [5, 5.41) is 5.36. The molecule has 1 aromatic rings. The van der Waals surface area contributed by atoms with Crippen LogP contribution in [0.15, 0.2) is 5.38 Å². The topological polar surface area (TPSA) is 80.5 Å². The normalized spacial score (nSPS) is 9.90. The first-order valence-corrected chi connectivity index (χ1v) is 7.15. The minimum Gasteiger partial charge on any atom is -0.385 e. The average Bonchev–Trinajstić information content (AvgIpc) is 2.87. The Balaban J connectivity index is 0. The van der Waals surface area contributed by atoms with Crippen LogP contribution in [0.4, 0.5) is 0 Å². The zero-order valence-corrected chi connectivity index (χ0v) is 14.8. The number of thiazole rings is 1. The van der Waals surface area contributed by atoms with Gasteiger partial charge in [-0.2, -0.15) is 0 Å². The zero-order chi connectivity index (χ0) is 14.1. The van der Waals surface area contributed by atoms with Gasteiger partial charge < -0.3 is 20.7 Å². The molecule has 21 heavy (non-hydrogen) atoms. The zero-order valence-electron chi connectivity index (χ0n) is 12.3. The number of nitrogens with zero attached hydrogens (tertiary/aromatic N) is 2. The highest BCUT2D eigenvalue weighted by molar-refractivity contribution is 7.09. The predicted molar refractivity (Wildman–Crippen MR) is 90.8 cm³/mol. The number of nitrogens with two attached hydrogens (primary N) is 1. The molecule has 1 rings (SSSR count). The van der Waals surface area contributed by atoms with Gasteiger partial charge in [-0.15, -0.1) is 36.2 Å². The molecule has 0 aliphatic heterocycles. The standard InChI is InChI=1S/C12H22N4O2S.2ClH/c1-16(5-3-7-18-2)6-4-14-12(17)10-9-19-11(8-13)15-10;;/h9H,3-8,13H2,1-2H3,(H,14,17);2*1H. The van der Waals surface area contributed by atoms with E-state index in [-0.39, 0.29) is 30.7 Å². The molecule has 0 aromatic carbocycles. The van der Waals surface area contributed by atoms with E-state index in [2.05, 4.69) is 15.2 Å². The number of likely N-dealkylation sites (N-methyl/N-ethyl adjacent to an activating group) is 1. The second-order valence-corrected chi connectivity index (χ2v) is 5.18. The minimum absolute atomic E-state index is 0. The maximum absolute atomic E-state index is 11.8. The molecule has 0 aliphatic carbocycles. The highest BCUT2D eigenvalue weighted by Crippen LogP contribution is 2.08. The van der Waals surface area contributed by atoms with Crippen molar-refractivity contribution in [1.82, 2.24) is 15.2 Å². The van der Waals surface area contributed by atoms with Crippen molar-refractivity contribution in [3.63, 3.8) is 0 Å². The minimum atomic E-state index is -0.138. The third kappa shape index (κ3) is 9.23. The van der Waals surface area contributed by atoms with Gasteiger partial charge in [0.25, 0.3) is 5.91 Å². The van der Waals surface area contributed by atoms with Crippen molar-refractivity contribution < 1.29 is 9.53 Å². The Morgan fingerprint density at radius 2 is 2.19 bits per heavy atom. The first-order valence-electron chi connectivity index (χ1n) is 6.27. The molecule has 1 heterocycles. The van der Waals surface area contributed by atoms with Gasteiger partial charge in [-0.25, -0.2) is 4.98 Å². The van der Waals surface area contributed by atoms with Crippen molar-refractivity contribution in [2.24, 2.45) is 5.73 Å². The van der Waals surface area contributed by atoms with Gasteiger partial charge in [-0.3, -0.25) is 4.79 Å². The number of ether oxygens (including phenoxy) is 1. The van der Waals surface area contributed by atoms with Crippen molar-refractivity contribution in [3.8, 4) is 0 Å². The van der Waals surface area contributed by atoms with E-state index in [4.69, 9.17) is 10.5 Å². The molecular weight excluding hydrogens is 335 g/mol. The van der Waals surface area contributed by atoms with Gasteiger partial charge in [0, 0.05) is 45.3 Å². The van der Waals surface area contributed by atoms with Crippen molar-refractivity contribution in [1.29, 1.82) is 0 Å². The second kappa shape index (κ2) is 13.2. The Morgan fingerprint density at radius 1 is 1.48 bits per heavy atom. The summed E-state index contributed by atoms with van der Waals surface area (Å²) in [6.07, 6.45) is 0.993. The van der Waals surface area contributed by atoms with Crippen molar-refractivity contribution in [2.45, 2.75) is 13.0 Å². The number of hydrogen-bond acceptors (Lipinski definition) is 6. The Morgan fingerprint density at radius 3 is 2.76 bits per heavy atom. The van der Waals surface area contributed by atoms with E-state index in [9.17, 15) is 4.79 Å². The first kappa shape index (κ1) is 22.8. The molecule has 0 spiro atoms. The Kier molecular flexibility index (Phi) is 14.4. The number of amides is 1. The fourth-order valence-corrected chi connectivity index (χ4v) is 2.21. The number of rotatable bonds is 9. The molecule has 0 fully saturated rings. The van der Waals surface area contributed by atoms with Gasteiger partial charge in [0.05, 0.1) is 0 Å². The number of nitrogens with one attached hydrogen (secondary N) is 1. The van der Waals surface area contributed by atoms with Gasteiger partial charge in [0.2, 0.25) is 0 Å². The van der Waals surface area contributed by atoms with E-state index in [1.807, 2.05) is 7.05 Å². The van der Waals surface area contributed by atoms with E-state index in [0.29, 0.717) is 18.8 Å². The second-order valence-electron chi connectivity index (χ2n) is 4.24. The number of carbonyl (C=O) groups is 1. The molecule has 0 radical (unpaired) electrons. The van der Waals surface area contributed by atoms with Crippen LogP contribution in [0.3, 0.4) is 0 Å². The molecule has 3 N–H and O–H groups in total. The summed E-state index contributed by atoms with van der Waals surface area (Å²) >= 11 is 1.41. The van der Waals surface area contributed by atoms with Gasteiger partial charge in [0.1, 0.15) is 10.7 Å². The smallest absolute Gasteiger partial charge is 0.270 e. The summed E-state index contributed by atoms with van der Waals surface area (Å²) in [7, 11) is 3.72. The monoisotopic (exact) mass is 358 g/mol. The van der Waals surface area contributed by atoms with Crippen LogP contribution in [-0.4, -0.2) is 56.2 Å². The molecule has 0 bridgehead atoms. The van der Waals surface area contributed by atoms with Gasteiger partial charge >= 0.3 is 0 Å². The summed E-state index contributed by atoms with van der Waals surface area (Å²) in [5.41, 5.74) is 5.91. The van der Waals surface area contributed by atoms with Crippen LogP contribution in [0.2, 0.25) is 0 Å². The lowest BCUT2D eigenvalue weighted by molar-refractivity contribution is 0.0944. The third-order valence-electron chi connectivity index (χ3n) is 2.63. The van der Waals surface area contributed by atoms with Gasteiger partial charge in [-0.1, -0.05) is 0 Å². The quantitative estimate of drug-likeness (QED) is 0.647. The maximum atomic E-state index is 11.8. The third-order valence-corrected chi connectivity index (χ3v) is 3.50. The predicted octanol–water partition coefficient (Wildman–Crippen LogP) is 1.14. The Labute approximate surface area is 142 Å². The molecule has 0 aliphatic rings. The molecule has 124 valence electrons. The van der Waals surface area contributed by atoms with E-state index < -0.39 is 0 Å². The number of methoxy groups -OCH3 is 1. The molecule has 6 nitrogen and oxygen atoms in total. The Hall–Kier alpha value is -0.440. The van der Waals surface area contributed by atoms with Crippen molar-refractivity contribution in [3.05, 3.63) is 16.1 Å². The molecule has 9 heteroatoms. The lowest BCUT2D eigenvalue weighted by Gasteiger charge is -2.16. The van der Waals surface area contributed by atoms with Gasteiger partial charge in [-0.05, 0) is 13.5 Å². The fraction of sp³-hybridized carbons (Fsp3) is 0.667. The van der Waals surface area contributed by atoms with E-state index in [0.717, 1.165) is 31.1 Å². The van der Waals surface area contributed by atoms with Crippen LogP contribution < -0.4 is 11.1 Å². The highest BCUT2D eigenvalue weighted by Gasteiger charge is 2.09. The SMILES string of the molecule is COCCCN(C)CCNC(=O)c1csc(CN)n1.Cl.Cl. The van der Waals surface area contributed by atoms with Crippen LogP contribution in [0.1, 0.15) is 21.9 Å². The summed E-state index contributed by atoms with van der Waals surface area (Å²) in [6, 6.07) is 0. The first-order chi connectivity index (χ1) is 9.17. The number of hydrogen-bond donors (Lipinski definition) is 2. The van der Waals surface area contributed by atoms with Crippen LogP contribution >= 0.6 is 36.2 Å². The number of aromatic nitrogens is 1. The number of carbonyl (C=O) groups excluding carboxylic acids is 1. The molecular formula is C12H24Cl2N4O2S. The van der Waals surface area contributed by atoms with E-state index in [1.165, 1.54) is 11.3 Å². The molecule has 0 unspecified atom stereocenters. The molecule has 0 saturated heterocycles. The van der Waals surface area contributed by atoms with Crippen LogP contribution in [0.25, 0.3) is 0 Å². The summed E-state index contributed by atoms with van der Waals surface area (Å²) < 4.78 is 4.99. The lowest BCUT2D eigenvalue weighted by Crippen LogP contribution is -2.33. The maximum Gasteiger partial charge on any atom is 0.270 e. The highest BCUT2D eigenvalue weighted by atomic mass is 35.5. The van der Waals surface area contributed by atoms with Crippen molar-refractivity contribution in [2.75, 3.05) is 40.4 Å². The Bertz CT molecular complexity index is 393. The van der Waals surface area contributed by atoms with Crippen LogP contribution in [-0.2, 0) is 11.3 Å². The summed E-state index contributed by atoms with van der Waals surface area (Å²) in [6.45, 7) is 3.51. The summed E-state index contributed by atoms with van der Waals surface area (Å²) in [5.74, 6) is -0.138. The molecule has 0 saturated carbocycles. The molecule has 1 aromatic heterocycles. The average molecular weight is 359 g/mol. The van der Waals surface area contributed by atoms with Crippen LogP contribution in [0, 0.1) is 0 Å². The number of halogens is 2. The fourth-order valence-electron chi connectivity index (χ4n) is 1.55. The lowest BCUT2D eigenvalue weighted by atomic mass is 10.4. The largest absolute Gasteiger partial charge is 0.385 e. The van der Waals surface area contributed by atoms with E-state index >= 15 is 0 Å². The molecule has 1 amide bonds. The van der Waals surface area contributed by atoms with E-state index in [1.54, 1.807) is 12.5 Å². The van der Waals surface area contributed by atoms with Gasteiger partial charge in [0.15, 0.2) is 0 Å². The van der Waals surface area contributed by atoms with Crippen LogP contribution in [0.5, 0.6) is 0 Å². The van der Waals surface area contributed by atoms with Crippen molar-refractivity contribution >= 4 is 42.1 Å². The summed E-state index contributed by atoms with van der Waals surface area (Å²) in [4.78, 5) is 18.1.